The minimum Gasteiger partial charge on any atom is -0.481 e. The third-order valence-electron chi connectivity index (χ3n) is 29.1. The molecule has 12 amide bonds. The van der Waals surface area contributed by atoms with Crippen molar-refractivity contribution in [3.8, 4) is 0 Å². The second-order valence-electron chi connectivity index (χ2n) is 40.8. The first-order chi connectivity index (χ1) is 67.8. The van der Waals surface area contributed by atoms with Gasteiger partial charge >= 0.3 is 17.9 Å². The number of benzene rings is 1. The van der Waals surface area contributed by atoms with Crippen LogP contribution < -0.4 is 75.7 Å². The summed E-state index contributed by atoms with van der Waals surface area (Å²) in [7, 11) is 0. The Hall–Kier alpha value is -9.19. The van der Waals surface area contributed by atoms with Gasteiger partial charge in [-0.2, -0.15) is 5.26 Å². The maximum absolute atomic E-state index is 14.9. The van der Waals surface area contributed by atoms with Crippen LogP contribution >= 0.6 is 11.8 Å². The monoisotopic (exact) mass is 2070 g/mol. The number of hydrogen-bond acceptors (Lipinski definition) is 29. The van der Waals surface area contributed by atoms with Gasteiger partial charge in [-0.15, -0.1) is 11.8 Å². The molecule has 1 radical (unpaired) electrons. The van der Waals surface area contributed by atoms with Crippen molar-refractivity contribution in [1.82, 2.24) is 68.5 Å². The Morgan fingerprint density at radius 3 is 1.84 bits per heavy atom. The first kappa shape index (κ1) is 126. The number of ether oxygens (including phenoxy) is 3. The number of hydrogen-bond donors (Lipinski definition) is 21. The number of carbonyl (C=O) groups excluding carboxylic acids is 14. The van der Waals surface area contributed by atoms with E-state index in [0.29, 0.717) is 48.4 Å². The van der Waals surface area contributed by atoms with Crippen molar-refractivity contribution < 1.29 is 127 Å². The van der Waals surface area contributed by atoms with Gasteiger partial charge in [-0.1, -0.05) is 167 Å². The molecule has 24 N–H and O–H groups in total. The van der Waals surface area contributed by atoms with Crippen molar-refractivity contribution >= 4 is 141 Å². The summed E-state index contributed by atoms with van der Waals surface area (Å²) < 4.78 is 19.4. The molecular formula is C100H163N17NaO26S. The summed E-state index contributed by atoms with van der Waals surface area (Å²) in [6.07, 6.45) is 0.605. The minimum atomic E-state index is -1.94. The molecule has 7 rings (SSSR count). The number of nitrogens with one attached hydrogen (secondary N) is 12. The van der Waals surface area contributed by atoms with Crippen LogP contribution in [0.1, 0.15) is 264 Å². The van der Waals surface area contributed by atoms with Crippen LogP contribution in [0.25, 0.3) is 0 Å². The van der Waals surface area contributed by atoms with Gasteiger partial charge in [0, 0.05) is 96.7 Å². The molecule has 1 aromatic carbocycles. The Labute approximate surface area is 876 Å². The molecule has 1 aromatic heterocycles. The number of rotatable bonds is 44. The molecule has 45 heteroatoms. The molecule has 4 saturated heterocycles. The van der Waals surface area contributed by atoms with Crippen LogP contribution in [0.2, 0.25) is 0 Å². The average Bonchev–Trinajstić information content (AvgIpc) is 1.56. The number of carbonyl (C=O) groups is 16. The number of carboxylic acids is 2. The van der Waals surface area contributed by atoms with Gasteiger partial charge < -0.3 is 125 Å². The molecule has 0 saturated carbocycles. The molecule has 145 heavy (non-hydrogen) atoms. The average molecular weight is 2070 g/mol. The van der Waals surface area contributed by atoms with E-state index in [0.717, 1.165) is 12.8 Å². The zero-order chi connectivity index (χ0) is 108. The number of primary amides is 1. The quantitative estimate of drug-likeness (QED) is 0.0258. The number of nitrogens with two attached hydrogens (primary N) is 3. The van der Waals surface area contributed by atoms with Crippen LogP contribution in [0.3, 0.4) is 0 Å². The summed E-state index contributed by atoms with van der Waals surface area (Å²) in [5.41, 5.74) is 16.8. The molecule has 0 spiro atoms. The van der Waals surface area contributed by atoms with Crippen molar-refractivity contribution in [3.63, 3.8) is 0 Å². The zero-order valence-corrected chi connectivity index (χ0v) is 90.6. The molecule has 2 aromatic rings. The zero-order valence-electron chi connectivity index (χ0n) is 87.8. The summed E-state index contributed by atoms with van der Waals surface area (Å²) in [6, 6.07) is -8.34. The van der Waals surface area contributed by atoms with E-state index in [1.165, 1.54) is 24.3 Å². The van der Waals surface area contributed by atoms with Gasteiger partial charge in [-0.25, -0.2) is 9.78 Å². The van der Waals surface area contributed by atoms with Crippen LogP contribution in [0.5, 0.6) is 0 Å². The van der Waals surface area contributed by atoms with Crippen molar-refractivity contribution in [2.45, 2.75) is 386 Å². The summed E-state index contributed by atoms with van der Waals surface area (Å²) in [4.78, 5) is 236. The molecule has 43 nitrogen and oxygen atoms in total. The number of imidazole rings is 1. The van der Waals surface area contributed by atoms with Crippen LogP contribution in [0.15, 0.2) is 47.8 Å². The van der Waals surface area contributed by atoms with Gasteiger partial charge in [-0.05, 0) is 144 Å². The number of nitrogens with zero attached hydrogens (tertiary/aromatic N) is 2. The summed E-state index contributed by atoms with van der Waals surface area (Å²) in [5.74, 6) is -19.7. The predicted octanol–water partition coefficient (Wildman–Crippen LogP) is 2.84. The van der Waals surface area contributed by atoms with Crippen molar-refractivity contribution in [1.29, 1.82) is 0 Å². The Morgan fingerprint density at radius 2 is 1.27 bits per heavy atom. The second-order valence-corrected chi connectivity index (χ2v) is 41.8. The Kier molecular flexibility index (Phi) is 52.1. The normalized spacial score (nSPS) is 29.0. The first-order valence-electron chi connectivity index (χ1n) is 51.1. The third kappa shape index (κ3) is 36.1. The number of H-pyrrole nitrogens is 1. The van der Waals surface area contributed by atoms with E-state index < -0.39 is 258 Å². The largest absolute Gasteiger partial charge is 0.481 e. The van der Waals surface area contributed by atoms with E-state index in [1.54, 1.807) is 65.0 Å². The summed E-state index contributed by atoms with van der Waals surface area (Å²) in [6.45, 7) is 33.4. The van der Waals surface area contributed by atoms with Gasteiger partial charge in [0.1, 0.15) is 77.8 Å². The molecule has 0 aliphatic carbocycles. The van der Waals surface area contributed by atoms with Gasteiger partial charge in [0.25, 0.3) is 0 Å². The fourth-order valence-corrected chi connectivity index (χ4v) is 20.9. The maximum atomic E-state index is 14.9. The topological polar surface area (TPSA) is 683 Å². The number of amides is 12. The number of aliphatic hydroxyl groups excluding tert-OH is 2. The molecule has 5 aliphatic heterocycles. The van der Waals surface area contributed by atoms with Gasteiger partial charge in [0.05, 0.1) is 72.8 Å². The SMILES string of the molecule is CC[C@@H](C(=O)[C@@H](C)[C@@H](O)[C@@H](C)[C@H]1O[C@@H](CC(=O)OO)[C@H](C)C[C@@H]1C)[C@H]1O[C@](C)([C@]2(O)O[C@](CC)([C@@H](O)CC)C[C@H]2C)C[C@@H]1C.CC[C@H](C)[C@H](N)C1=N[C@H](C(=O)N[C@@H](CC(C)C)C(=O)N[C@H](CCC(=O)O)C(=O)N[C@H](C(=O)N[C@H]2CCCCNC(=O)[C@H](CC(N)=O)NC(=O)[C@@H](CC(=O)O)NC(=O)[C@H](Cc3cnc[nH]3)NC(=O)[C@@H](Cc3ccccc3)NC(=O)[C@H]([C@@H](C)CC)NC(=O)[C@@H](CCCN)NC2=O)[C@@H](C)CC)CS1.[Na]. The predicted molar refractivity (Wildman–Crippen MR) is 539 cm³/mol. The number of aliphatic imine (C=N–C) groups is 1. The number of aliphatic carboxylic acids is 2. The van der Waals surface area contributed by atoms with Crippen LogP contribution in [-0.4, -0.2) is 309 Å². The molecule has 0 bridgehead atoms. The molecule has 6 heterocycles. The third-order valence-corrected chi connectivity index (χ3v) is 30.3. The van der Waals surface area contributed by atoms with E-state index in [2.05, 4.69) is 78.3 Å². The van der Waals surface area contributed by atoms with Gasteiger partial charge in [-0.3, -0.25) is 76.9 Å². The number of ketones is 1. The Bertz CT molecular complexity index is 4650. The van der Waals surface area contributed by atoms with Crippen LogP contribution in [0.4, 0.5) is 0 Å². The fraction of sp³-hybridized carbons (Fsp3) is 0.740. The van der Waals surface area contributed by atoms with Crippen molar-refractivity contribution in [3.05, 3.63) is 54.1 Å². The number of carboxylic acid groups (broad SMARTS) is 2. The second kappa shape index (κ2) is 59.9. The molecule has 0 unspecified atom stereocenters. The van der Waals surface area contributed by atoms with E-state index in [-0.39, 0.29) is 166 Å². The molecule has 811 valence electrons. The minimum absolute atomic E-state index is 0. The number of thioether (sulfide) groups is 1. The van der Waals surface area contributed by atoms with Crippen LogP contribution in [-0.2, 0) is 109 Å². The Morgan fingerprint density at radius 1 is 0.662 bits per heavy atom. The number of aromatic nitrogens is 2. The standard InChI is InChI=1S/C66H103N17O16S.C34H60O10.Na/c1-9-35(6)52(69)66-81-48(32-100-66)63(97)76-43(26-34(4)5)59(93)74-42(22-23-50(85)86)58(92)83-53(36(7)10-2)64(98)75-40-20-15-16-25-71-55(89)46(29-49(68)84)78-62(96)47(30-51(87)88)79-61(95)45(28-39-31-70-33-72-39)77-60(94)44(27-38-18-13-12-14-19-38)80-65(99)54(37(8)11-3)82-57(91)41(21-17-24-67)73-56(40)90;1-11-24(29(38)22(8)28(37)23(9)30-19(5)14-18(4)25(41-30)15-27(36)43-40)31-20(6)16-32(10,42-31)34(39)21(7)17-33(13-3,44-34)26(35)12-2;/h12-14,18-19,31,33-37,40-48,52-54H,9-11,15-17,20-30,32,67,69H2,1-8H3,(H2,68,84)(H,70,72)(H,71,89)(H,73,90)(H,74,93)(H,75,98)(H,76,97)(H,77,94)(H,78,96)(H,79,95)(H,80,99)(H,82,91)(H,83,92)(H,85,86)(H,87,88);18-26,28,30-31,35,37,39-40H,11-17H2,1-10H3;/t35-,36-,37-,40-,41+,42+,43-,44+,45-,46-,47+,48-,52-,53-,54-;18-,19+,20+,21-,22+,23-,24+,25+,26+,28-,30+,31+,32+,33+,34-;/m01./s1. The number of aromatic amines is 1. The van der Waals surface area contributed by atoms with E-state index in [1.807, 2.05) is 90.0 Å². The van der Waals surface area contributed by atoms with Gasteiger partial charge in [0.15, 0.2) is 5.79 Å². The fourth-order valence-electron chi connectivity index (χ4n) is 19.7. The smallest absolute Gasteiger partial charge is 0.344 e. The summed E-state index contributed by atoms with van der Waals surface area (Å²) in [5, 5.41) is 92.2. The maximum Gasteiger partial charge on any atom is 0.344 e. The van der Waals surface area contributed by atoms with E-state index in [4.69, 9.17) is 36.7 Å². The number of aliphatic hydroxyl groups is 3. The van der Waals surface area contributed by atoms with E-state index >= 15 is 0 Å². The summed E-state index contributed by atoms with van der Waals surface area (Å²) >= 11 is 1.35. The first-order valence-corrected chi connectivity index (χ1v) is 52.0. The van der Waals surface area contributed by atoms with E-state index in [9.17, 15) is 102 Å². The molecule has 5 aliphatic rings. The molecular weight excluding hydrogens is 1910 g/mol. The Balaban J connectivity index is 0.000000682. The number of Topliss-reactive ketones (excluding diaryl/α,β-unsaturated/α-hetero) is 1. The molecule has 30 atom stereocenters. The van der Waals surface area contributed by atoms with Crippen molar-refractivity contribution in [2.24, 2.45) is 87.3 Å². The van der Waals surface area contributed by atoms with Crippen molar-refractivity contribution in [2.75, 3.05) is 18.8 Å². The van der Waals surface area contributed by atoms with Gasteiger partial charge in [0.2, 0.25) is 70.9 Å². The van der Waals surface area contributed by atoms with Crippen LogP contribution in [0, 0.1) is 65.1 Å². The molecule has 4 fully saturated rings.